The fourth-order valence-electron chi connectivity index (χ4n) is 4.03. The Morgan fingerprint density at radius 2 is 1.52 bits per heavy atom. The molecule has 1 aromatic heterocycles. The fourth-order valence-corrected chi connectivity index (χ4v) is 4.03. The Bertz CT molecular complexity index is 1600. The number of amides is 2. The van der Waals surface area contributed by atoms with Gasteiger partial charge in [-0.1, -0.05) is 36.4 Å². The molecule has 0 saturated heterocycles. The van der Waals surface area contributed by atoms with Crippen molar-refractivity contribution < 1.29 is 27.5 Å². The van der Waals surface area contributed by atoms with Crippen molar-refractivity contribution in [3.05, 3.63) is 123 Å². The maximum atomic E-state index is 13.4. The standard InChI is InChI=1S/C30H26F3N3O4/c1-19-25(28(38)35(2)3)17-26(29(39)36(19)22-9-7-8-21(16-22)30(31,32)33)27(37)34-18-20-12-14-24(15-13-20)40-23-10-5-4-6-11-23/h4-17H,18H2,1-3H3,(H,34,37). The van der Waals surface area contributed by atoms with E-state index in [1.54, 1.807) is 24.3 Å². The summed E-state index contributed by atoms with van der Waals surface area (Å²) in [5, 5.41) is 2.66. The lowest BCUT2D eigenvalue weighted by molar-refractivity contribution is -0.137. The summed E-state index contributed by atoms with van der Waals surface area (Å²) in [7, 11) is 2.98. The largest absolute Gasteiger partial charge is 0.457 e. The van der Waals surface area contributed by atoms with E-state index >= 15 is 0 Å². The van der Waals surface area contributed by atoms with Crippen LogP contribution >= 0.6 is 0 Å². The molecule has 10 heteroatoms. The number of para-hydroxylation sites is 1. The molecule has 0 aliphatic carbocycles. The second kappa shape index (κ2) is 11.5. The molecule has 0 fully saturated rings. The molecule has 0 aliphatic rings. The van der Waals surface area contributed by atoms with Gasteiger partial charge in [-0.05, 0) is 61.0 Å². The van der Waals surface area contributed by atoms with Crippen molar-refractivity contribution in [2.45, 2.75) is 19.6 Å². The number of carbonyl (C=O) groups is 2. The number of rotatable bonds is 7. The number of hydrogen-bond acceptors (Lipinski definition) is 4. The van der Waals surface area contributed by atoms with Crippen molar-refractivity contribution in [3.63, 3.8) is 0 Å². The molecular weight excluding hydrogens is 523 g/mol. The quantitative estimate of drug-likeness (QED) is 0.326. The molecule has 40 heavy (non-hydrogen) atoms. The van der Waals surface area contributed by atoms with E-state index in [2.05, 4.69) is 5.32 Å². The molecule has 2 amide bonds. The number of carbonyl (C=O) groups excluding carboxylic acids is 2. The van der Waals surface area contributed by atoms with Crippen LogP contribution in [0, 0.1) is 6.92 Å². The highest BCUT2D eigenvalue weighted by Gasteiger charge is 2.31. The van der Waals surface area contributed by atoms with Crippen LogP contribution in [0.5, 0.6) is 11.5 Å². The van der Waals surface area contributed by atoms with Crippen LogP contribution in [-0.2, 0) is 12.7 Å². The van der Waals surface area contributed by atoms with Gasteiger partial charge in [-0.3, -0.25) is 19.0 Å². The van der Waals surface area contributed by atoms with Gasteiger partial charge in [0.1, 0.15) is 17.1 Å². The maximum Gasteiger partial charge on any atom is 0.416 e. The highest BCUT2D eigenvalue weighted by molar-refractivity contribution is 6.00. The van der Waals surface area contributed by atoms with E-state index in [-0.39, 0.29) is 29.1 Å². The first-order valence-corrected chi connectivity index (χ1v) is 12.2. The molecule has 4 rings (SSSR count). The first kappa shape index (κ1) is 28.2. The summed E-state index contributed by atoms with van der Waals surface area (Å²) >= 11 is 0. The average molecular weight is 550 g/mol. The molecule has 0 unspecified atom stereocenters. The van der Waals surface area contributed by atoms with Crippen molar-refractivity contribution in [1.82, 2.24) is 14.8 Å². The third-order valence-electron chi connectivity index (χ3n) is 6.12. The molecule has 206 valence electrons. The Kier molecular flexibility index (Phi) is 8.08. The molecule has 0 spiro atoms. The summed E-state index contributed by atoms with van der Waals surface area (Å²) in [6, 6.07) is 21.5. The van der Waals surface area contributed by atoms with Gasteiger partial charge >= 0.3 is 6.18 Å². The van der Waals surface area contributed by atoms with Crippen LogP contribution in [0.3, 0.4) is 0 Å². The summed E-state index contributed by atoms with van der Waals surface area (Å²) in [6.07, 6.45) is -4.65. The molecule has 0 bridgehead atoms. The molecule has 0 atom stereocenters. The van der Waals surface area contributed by atoms with Gasteiger partial charge in [-0.2, -0.15) is 13.2 Å². The first-order chi connectivity index (χ1) is 19.0. The maximum absolute atomic E-state index is 13.4. The zero-order chi connectivity index (χ0) is 29.0. The fraction of sp³-hybridized carbons (Fsp3) is 0.167. The Morgan fingerprint density at radius 3 is 2.15 bits per heavy atom. The lowest BCUT2D eigenvalue weighted by Crippen LogP contribution is -2.35. The van der Waals surface area contributed by atoms with Crippen LogP contribution in [0.4, 0.5) is 13.2 Å². The van der Waals surface area contributed by atoms with Gasteiger partial charge in [0.25, 0.3) is 17.4 Å². The SMILES string of the molecule is Cc1c(C(=O)N(C)C)cc(C(=O)NCc2ccc(Oc3ccccc3)cc2)c(=O)n1-c1cccc(C(F)(F)F)c1. The number of pyridine rings is 1. The topological polar surface area (TPSA) is 80.6 Å². The summed E-state index contributed by atoms with van der Waals surface area (Å²) in [5.41, 5.74) is -1.49. The number of aromatic nitrogens is 1. The van der Waals surface area contributed by atoms with Gasteiger partial charge in [-0.25, -0.2) is 0 Å². The lowest BCUT2D eigenvalue weighted by Gasteiger charge is -2.19. The van der Waals surface area contributed by atoms with Crippen LogP contribution < -0.4 is 15.6 Å². The molecule has 7 nitrogen and oxygen atoms in total. The van der Waals surface area contributed by atoms with Gasteiger partial charge in [-0.15, -0.1) is 0 Å². The number of ether oxygens (including phenoxy) is 1. The third kappa shape index (κ3) is 6.23. The van der Waals surface area contributed by atoms with Crippen molar-refractivity contribution in [1.29, 1.82) is 0 Å². The second-order valence-corrected chi connectivity index (χ2v) is 9.19. The normalized spacial score (nSPS) is 11.2. The van der Waals surface area contributed by atoms with Gasteiger partial charge in [0.05, 0.1) is 11.1 Å². The zero-order valence-corrected chi connectivity index (χ0v) is 22.0. The number of hydrogen-bond donors (Lipinski definition) is 1. The molecule has 1 heterocycles. The Balaban J connectivity index is 1.64. The summed E-state index contributed by atoms with van der Waals surface area (Å²) in [6.45, 7) is 1.50. The number of benzene rings is 3. The van der Waals surface area contributed by atoms with E-state index in [9.17, 15) is 27.6 Å². The minimum absolute atomic E-state index is 0.00887. The van der Waals surface area contributed by atoms with Crippen molar-refractivity contribution >= 4 is 11.8 Å². The lowest BCUT2D eigenvalue weighted by atomic mass is 10.1. The van der Waals surface area contributed by atoms with Crippen LogP contribution in [-0.4, -0.2) is 35.4 Å². The minimum Gasteiger partial charge on any atom is -0.457 e. The number of alkyl halides is 3. The van der Waals surface area contributed by atoms with E-state index in [0.29, 0.717) is 17.1 Å². The van der Waals surface area contributed by atoms with E-state index < -0.39 is 29.1 Å². The monoisotopic (exact) mass is 549 g/mol. The van der Waals surface area contributed by atoms with Gasteiger partial charge in [0, 0.05) is 32.0 Å². The second-order valence-electron chi connectivity index (χ2n) is 9.19. The highest BCUT2D eigenvalue weighted by Crippen LogP contribution is 2.30. The van der Waals surface area contributed by atoms with Gasteiger partial charge in [0.15, 0.2) is 0 Å². The molecule has 0 aliphatic heterocycles. The van der Waals surface area contributed by atoms with E-state index in [0.717, 1.165) is 22.8 Å². The van der Waals surface area contributed by atoms with Gasteiger partial charge < -0.3 is 15.0 Å². The number of halogens is 3. The van der Waals surface area contributed by atoms with Crippen LogP contribution in [0.15, 0.2) is 89.7 Å². The molecule has 1 N–H and O–H groups in total. The van der Waals surface area contributed by atoms with Crippen LogP contribution in [0.1, 0.15) is 37.5 Å². The minimum atomic E-state index is -4.65. The predicted molar refractivity (Wildman–Crippen MR) is 144 cm³/mol. The number of nitrogens with zero attached hydrogens (tertiary/aromatic N) is 2. The molecular formula is C30H26F3N3O4. The van der Waals surface area contributed by atoms with Crippen molar-refractivity contribution in [3.8, 4) is 17.2 Å². The average Bonchev–Trinajstić information content (AvgIpc) is 2.92. The Morgan fingerprint density at radius 1 is 0.875 bits per heavy atom. The smallest absolute Gasteiger partial charge is 0.416 e. The molecule has 0 saturated carbocycles. The Labute approximate surface area is 228 Å². The predicted octanol–water partition coefficient (Wildman–Crippen LogP) is 5.59. The first-order valence-electron chi connectivity index (χ1n) is 12.2. The molecule has 3 aromatic carbocycles. The van der Waals surface area contributed by atoms with Crippen molar-refractivity contribution in [2.75, 3.05) is 14.1 Å². The summed E-state index contributed by atoms with van der Waals surface area (Å²) < 4.78 is 46.9. The van der Waals surface area contributed by atoms with Crippen LogP contribution in [0.2, 0.25) is 0 Å². The van der Waals surface area contributed by atoms with Crippen molar-refractivity contribution in [2.24, 2.45) is 0 Å². The van der Waals surface area contributed by atoms with E-state index in [1.165, 1.54) is 38.1 Å². The zero-order valence-electron chi connectivity index (χ0n) is 22.0. The molecule has 0 radical (unpaired) electrons. The number of nitrogens with one attached hydrogen (secondary N) is 1. The third-order valence-corrected chi connectivity index (χ3v) is 6.12. The summed E-state index contributed by atoms with van der Waals surface area (Å²) in [5.74, 6) is -0.0249. The molecule has 4 aromatic rings. The van der Waals surface area contributed by atoms with Crippen LogP contribution in [0.25, 0.3) is 5.69 Å². The van der Waals surface area contributed by atoms with Gasteiger partial charge in [0.2, 0.25) is 0 Å². The van der Waals surface area contributed by atoms with E-state index in [4.69, 9.17) is 4.74 Å². The Hall–Kier alpha value is -4.86. The van der Waals surface area contributed by atoms with E-state index in [1.807, 2.05) is 30.3 Å². The summed E-state index contributed by atoms with van der Waals surface area (Å²) in [4.78, 5) is 40.7. The highest BCUT2D eigenvalue weighted by atomic mass is 19.4.